The third-order valence-corrected chi connectivity index (χ3v) is 3.58. The molecule has 2 aromatic rings. The van der Waals surface area contributed by atoms with Gasteiger partial charge in [0.25, 0.3) is 5.91 Å². The van der Waals surface area contributed by atoms with E-state index in [1.165, 1.54) is 6.26 Å². The first-order chi connectivity index (χ1) is 10.2. The molecule has 1 fully saturated rings. The molecule has 1 amide bonds. The summed E-state index contributed by atoms with van der Waals surface area (Å²) in [4.78, 5) is 18.6. The quantitative estimate of drug-likeness (QED) is 0.897. The van der Waals surface area contributed by atoms with E-state index in [0.29, 0.717) is 17.1 Å². The Labute approximate surface area is 123 Å². The molecule has 0 bridgehead atoms. The van der Waals surface area contributed by atoms with Gasteiger partial charge in [0.15, 0.2) is 0 Å². The molecule has 110 valence electrons. The van der Waals surface area contributed by atoms with Gasteiger partial charge in [-0.1, -0.05) is 0 Å². The Bertz CT molecular complexity index is 615. The fraction of sp³-hybridized carbons (Fsp3) is 0.333. The Morgan fingerprint density at radius 3 is 2.76 bits per heavy atom. The maximum Gasteiger partial charge on any atom is 0.260 e. The normalized spacial score (nSPS) is 15.0. The molecule has 2 N–H and O–H groups in total. The molecule has 3 rings (SSSR count). The van der Waals surface area contributed by atoms with Crippen molar-refractivity contribution in [2.24, 2.45) is 0 Å². The maximum absolute atomic E-state index is 12.1. The minimum atomic E-state index is -0.205. The van der Waals surface area contributed by atoms with E-state index in [1.807, 2.05) is 12.1 Å². The van der Waals surface area contributed by atoms with Crippen molar-refractivity contribution in [3.8, 4) is 0 Å². The number of nitrogens with zero attached hydrogens (tertiary/aromatic N) is 2. The van der Waals surface area contributed by atoms with Gasteiger partial charge in [-0.3, -0.25) is 4.79 Å². The minimum Gasteiger partial charge on any atom is -0.469 e. The molecule has 0 spiro atoms. The summed E-state index contributed by atoms with van der Waals surface area (Å²) >= 11 is 0. The van der Waals surface area contributed by atoms with Crippen LogP contribution in [0.5, 0.6) is 0 Å². The Morgan fingerprint density at radius 1 is 1.33 bits per heavy atom. The minimum absolute atomic E-state index is 0.205. The van der Waals surface area contributed by atoms with E-state index in [-0.39, 0.29) is 5.91 Å². The summed E-state index contributed by atoms with van der Waals surface area (Å²) in [6, 6.07) is 5.46. The summed E-state index contributed by atoms with van der Waals surface area (Å²) in [6.07, 6.45) is 3.30. The lowest BCUT2D eigenvalue weighted by Gasteiger charge is -2.29. The van der Waals surface area contributed by atoms with Crippen LogP contribution >= 0.6 is 0 Å². The monoisotopic (exact) mass is 286 g/mol. The number of carbonyl (C=O) groups is 1. The molecule has 6 nitrogen and oxygen atoms in total. The second-order valence-corrected chi connectivity index (χ2v) is 4.98. The molecule has 6 heteroatoms. The van der Waals surface area contributed by atoms with E-state index < -0.39 is 0 Å². The third kappa shape index (κ3) is 3.05. The highest BCUT2D eigenvalue weighted by atomic mass is 16.3. The van der Waals surface area contributed by atoms with Gasteiger partial charge in [-0.15, -0.1) is 0 Å². The average molecular weight is 286 g/mol. The van der Waals surface area contributed by atoms with Gasteiger partial charge in [0.2, 0.25) is 0 Å². The molecular formula is C15H18N4O2. The molecule has 0 atom stereocenters. The average Bonchev–Trinajstić information content (AvgIpc) is 2.95. The molecule has 2 aromatic heterocycles. The largest absolute Gasteiger partial charge is 0.469 e. The van der Waals surface area contributed by atoms with Crippen molar-refractivity contribution in [3.05, 3.63) is 42.0 Å². The number of aromatic nitrogens is 1. The summed E-state index contributed by atoms with van der Waals surface area (Å²) in [5.41, 5.74) is 1.61. The Balaban J connectivity index is 1.67. The van der Waals surface area contributed by atoms with Crippen LogP contribution in [0, 0.1) is 6.92 Å². The summed E-state index contributed by atoms with van der Waals surface area (Å²) in [6.45, 7) is 5.68. The molecule has 0 aromatic carbocycles. The molecule has 1 saturated heterocycles. The molecule has 1 aliphatic heterocycles. The summed E-state index contributed by atoms with van der Waals surface area (Å²) in [5.74, 6) is 0.938. The van der Waals surface area contributed by atoms with Crippen LogP contribution in [0.1, 0.15) is 16.1 Å². The van der Waals surface area contributed by atoms with Crippen LogP contribution < -0.4 is 15.5 Å². The van der Waals surface area contributed by atoms with E-state index >= 15 is 0 Å². The second kappa shape index (κ2) is 5.97. The number of anilines is 2. The maximum atomic E-state index is 12.1. The molecule has 0 radical (unpaired) electrons. The number of pyridine rings is 1. The van der Waals surface area contributed by atoms with E-state index in [0.717, 1.165) is 31.9 Å². The predicted octanol–water partition coefficient (Wildman–Crippen LogP) is 1.64. The summed E-state index contributed by atoms with van der Waals surface area (Å²) in [7, 11) is 0. The van der Waals surface area contributed by atoms with Gasteiger partial charge >= 0.3 is 0 Å². The van der Waals surface area contributed by atoms with Crippen LogP contribution in [0.4, 0.5) is 11.5 Å². The molecule has 0 unspecified atom stereocenters. The molecule has 0 saturated carbocycles. The van der Waals surface area contributed by atoms with Gasteiger partial charge in [-0.05, 0) is 25.1 Å². The number of aryl methyl sites for hydroxylation is 1. The van der Waals surface area contributed by atoms with Gasteiger partial charge in [-0.2, -0.15) is 0 Å². The SMILES string of the molecule is Cc1occc1C(=O)Nc1ccc(N2CCNCC2)cn1. The van der Waals surface area contributed by atoms with E-state index in [4.69, 9.17) is 4.42 Å². The number of nitrogens with one attached hydrogen (secondary N) is 2. The van der Waals surface area contributed by atoms with Crippen LogP contribution in [-0.4, -0.2) is 37.1 Å². The predicted molar refractivity (Wildman–Crippen MR) is 80.7 cm³/mol. The highest BCUT2D eigenvalue weighted by molar-refractivity contribution is 6.04. The first-order valence-corrected chi connectivity index (χ1v) is 7.01. The lowest BCUT2D eigenvalue weighted by Crippen LogP contribution is -2.43. The van der Waals surface area contributed by atoms with Crippen molar-refractivity contribution in [2.45, 2.75) is 6.92 Å². The standard InChI is InChI=1S/C15H18N4O2/c1-11-13(4-9-21-11)15(20)18-14-3-2-12(10-17-14)19-7-5-16-6-8-19/h2-4,9-10,16H,5-8H2,1H3,(H,17,18,20). The summed E-state index contributed by atoms with van der Waals surface area (Å²) in [5, 5.41) is 6.09. The Hall–Kier alpha value is -2.34. The molecule has 21 heavy (non-hydrogen) atoms. The topological polar surface area (TPSA) is 70.4 Å². The van der Waals surface area contributed by atoms with Crippen LogP contribution in [0.25, 0.3) is 0 Å². The third-order valence-electron chi connectivity index (χ3n) is 3.58. The number of amides is 1. The number of hydrogen-bond donors (Lipinski definition) is 2. The van der Waals surface area contributed by atoms with Crippen LogP contribution in [0.15, 0.2) is 35.1 Å². The fourth-order valence-electron chi connectivity index (χ4n) is 2.37. The lowest BCUT2D eigenvalue weighted by molar-refractivity contribution is 0.102. The molecule has 3 heterocycles. The number of hydrogen-bond acceptors (Lipinski definition) is 5. The van der Waals surface area contributed by atoms with Crippen LogP contribution in [-0.2, 0) is 0 Å². The van der Waals surface area contributed by atoms with Crippen molar-refractivity contribution >= 4 is 17.4 Å². The number of piperazine rings is 1. The fourth-order valence-corrected chi connectivity index (χ4v) is 2.37. The van der Waals surface area contributed by atoms with Gasteiger partial charge < -0.3 is 20.0 Å². The highest BCUT2D eigenvalue weighted by Crippen LogP contribution is 2.17. The van der Waals surface area contributed by atoms with Gasteiger partial charge in [0.1, 0.15) is 11.6 Å². The van der Waals surface area contributed by atoms with Crippen LogP contribution in [0.3, 0.4) is 0 Å². The number of furan rings is 1. The number of carbonyl (C=O) groups excluding carboxylic acids is 1. The highest BCUT2D eigenvalue weighted by Gasteiger charge is 2.13. The smallest absolute Gasteiger partial charge is 0.260 e. The zero-order valence-corrected chi connectivity index (χ0v) is 11.9. The Kier molecular flexibility index (Phi) is 3.87. The van der Waals surface area contributed by atoms with E-state index in [1.54, 1.807) is 19.2 Å². The van der Waals surface area contributed by atoms with Gasteiger partial charge in [0.05, 0.1) is 23.7 Å². The zero-order valence-electron chi connectivity index (χ0n) is 11.9. The first-order valence-electron chi connectivity index (χ1n) is 7.01. The number of rotatable bonds is 3. The molecule has 1 aliphatic rings. The van der Waals surface area contributed by atoms with Crippen molar-refractivity contribution in [1.82, 2.24) is 10.3 Å². The molecular weight excluding hydrogens is 268 g/mol. The second-order valence-electron chi connectivity index (χ2n) is 4.98. The van der Waals surface area contributed by atoms with Crippen LogP contribution in [0.2, 0.25) is 0 Å². The zero-order chi connectivity index (χ0) is 14.7. The van der Waals surface area contributed by atoms with Crippen molar-refractivity contribution in [2.75, 3.05) is 36.4 Å². The van der Waals surface area contributed by atoms with Crippen molar-refractivity contribution < 1.29 is 9.21 Å². The first kappa shape index (κ1) is 13.6. The van der Waals surface area contributed by atoms with Crippen molar-refractivity contribution in [3.63, 3.8) is 0 Å². The van der Waals surface area contributed by atoms with Gasteiger partial charge in [-0.25, -0.2) is 4.98 Å². The van der Waals surface area contributed by atoms with E-state index in [2.05, 4.69) is 20.5 Å². The van der Waals surface area contributed by atoms with E-state index in [9.17, 15) is 4.79 Å². The summed E-state index contributed by atoms with van der Waals surface area (Å²) < 4.78 is 5.13. The van der Waals surface area contributed by atoms with Crippen molar-refractivity contribution in [1.29, 1.82) is 0 Å². The molecule has 0 aliphatic carbocycles. The van der Waals surface area contributed by atoms with Gasteiger partial charge in [0, 0.05) is 26.2 Å². The lowest BCUT2D eigenvalue weighted by atomic mass is 10.2. The Morgan fingerprint density at radius 2 is 2.14 bits per heavy atom.